The maximum atomic E-state index is 10.9. The molecule has 2 unspecified atom stereocenters. The largest absolute Gasteiger partial charge is 0.475 e. The minimum atomic E-state index is -1.03. The Kier molecular flexibility index (Phi) is 3.81. The summed E-state index contributed by atoms with van der Waals surface area (Å²) in [5.74, 6) is -1.01. The van der Waals surface area contributed by atoms with Gasteiger partial charge in [-0.2, -0.15) is 0 Å². The van der Waals surface area contributed by atoms with Gasteiger partial charge in [0.1, 0.15) is 0 Å². The van der Waals surface area contributed by atoms with Crippen LogP contribution in [-0.4, -0.2) is 30.3 Å². The third-order valence-corrected chi connectivity index (χ3v) is 3.25. The molecular weight excluding hydrogens is 222 g/mol. The van der Waals surface area contributed by atoms with Gasteiger partial charge in [-0.1, -0.05) is 0 Å². The zero-order valence-electron chi connectivity index (χ0n) is 9.81. The molecule has 1 saturated carbocycles. The standard InChI is InChI=1S/C12H17NO4/c1-16-10-4-2-3-9(10)13-7-8-5-6-17-11(8)12(14)15/h5-6,9-10,13H,2-4,7H2,1H3,(H,14,15). The fraction of sp³-hybridized carbons (Fsp3) is 0.583. The van der Waals surface area contributed by atoms with E-state index in [9.17, 15) is 4.79 Å². The zero-order valence-corrected chi connectivity index (χ0v) is 9.81. The second-order valence-electron chi connectivity index (χ2n) is 4.27. The van der Waals surface area contributed by atoms with E-state index >= 15 is 0 Å². The monoisotopic (exact) mass is 239 g/mol. The molecule has 0 amide bonds. The molecule has 1 aliphatic carbocycles. The first-order chi connectivity index (χ1) is 8.22. The van der Waals surface area contributed by atoms with E-state index in [1.165, 1.54) is 6.26 Å². The molecule has 0 saturated heterocycles. The van der Waals surface area contributed by atoms with E-state index in [1.807, 2.05) is 0 Å². The molecule has 5 nitrogen and oxygen atoms in total. The van der Waals surface area contributed by atoms with E-state index in [4.69, 9.17) is 14.3 Å². The van der Waals surface area contributed by atoms with E-state index < -0.39 is 5.97 Å². The molecule has 1 aromatic rings. The number of hydrogen-bond acceptors (Lipinski definition) is 4. The lowest BCUT2D eigenvalue weighted by Gasteiger charge is -2.19. The minimum Gasteiger partial charge on any atom is -0.475 e. The first kappa shape index (κ1) is 12.1. The van der Waals surface area contributed by atoms with Crippen molar-refractivity contribution in [3.05, 3.63) is 23.7 Å². The summed E-state index contributed by atoms with van der Waals surface area (Å²) >= 11 is 0. The van der Waals surface area contributed by atoms with Crippen LogP contribution in [0, 0.1) is 0 Å². The number of methoxy groups -OCH3 is 1. The zero-order chi connectivity index (χ0) is 12.3. The maximum absolute atomic E-state index is 10.9. The molecule has 0 bridgehead atoms. The summed E-state index contributed by atoms with van der Waals surface area (Å²) in [6, 6.07) is 1.99. The molecule has 2 rings (SSSR count). The van der Waals surface area contributed by atoms with Crippen LogP contribution in [0.1, 0.15) is 35.4 Å². The molecule has 0 aliphatic heterocycles. The van der Waals surface area contributed by atoms with Crippen LogP contribution in [0.4, 0.5) is 0 Å². The number of aromatic carboxylic acids is 1. The number of carboxylic acids is 1. The van der Waals surface area contributed by atoms with Crippen LogP contribution in [0.5, 0.6) is 0 Å². The highest BCUT2D eigenvalue weighted by atomic mass is 16.5. The Morgan fingerprint density at radius 2 is 2.47 bits per heavy atom. The Hall–Kier alpha value is -1.33. The van der Waals surface area contributed by atoms with Crippen LogP contribution < -0.4 is 5.32 Å². The van der Waals surface area contributed by atoms with Crippen LogP contribution in [0.2, 0.25) is 0 Å². The van der Waals surface area contributed by atoms with Gasteiger partial charge in [0.25, 0.3) is 0 Å². The van der Waals surface area contributed by atoms with Gasteiger partial charge in [0.15, 0.2) is 0 Å². The number of hydrogen-bond donors (Lipinski definition) is 2. The lowest BCUT2D eigenvalue weighted by atomic mass is 10.2. The van der Waals surface area contributed by atoms with E-state index in [2.05, 4.69) is 5.32 Å². The average molecular weight is 239 g/mol. The molecule has 17 heavy (non-hydrogen) atoms. The smallest absolute Gasteiger partial charge is 0.372 e. The van der Waals surface area contributed by atoms with Crippen LogP contribution >= 0.6 is 0 Å². The summed E-state index contributed by atoms with van der Waals surface area (Å²) in [6.45, 7) is 0.503. The van der Waals surface area contributed by atoms with E-state index in [0.717, 1.165) is 19.3 Å². The van der Waals surface area contributed by atoms with Crippen LogP contribution in [0.3, 0.4) is 0 Å². The maximum Gasteiger partial charge on any atom is 0.372 e. The summed E-state index contributed by atoms with van der Waals surface area (Å²) in [7, 11) is 1.71. The summed E-state index contributed by atoms with van der Waals surface area (Å²) in [4.78, 5) is 10.9. The second-order valence-corrected chi connectivity index (χ2v) is 4.27. The highest BCUT2D eigenvalue weighted by Gasteiger charge is 2.27. The van der Waals surface area contributed by atoms with E-state index in [-0.39, 0.29) is 11.9 Å². The molecule has 1 fully saturated rings. The number of rotatable bonds is 5. The Labute approximate surface area is 99.8 Å². The van der Waals surface area contributed by atoms with E-state index in [0.29, 0.717) is 18.2 Å². The lowest BCUT2D eigenvalue weighted by molar-refractivity contribution is 0.0659. The van der Waals surface area contributed by atoms with Crippen LogP contribution in [0.25, 0.3) is 0 Å². The molecule has 1 heterocycles. The van der Waals surface area contributed by atoms with Gasteiger partial charge in [0, 0.05) is 25.3 Å². The number of carbonyl (C=O) groups is 1. The van der Waals surface area contributed by atoms with Crippen molar-refractivity contribution >= 4 is 5.97 Å². The Morgan fingerprint density at radius 1 is 1.65 bits per heavy atom. The van der Waals surface area contributed by atoms with Crippen molar-refractivity contribution in [3.8, 4) is 0 Å². The van der Waals surface area contributed by atoms with Gasteiger partial charge in [0.2, 0.25) is 5.76 Å². The second kappa shape index (κ2) is 5.33. The average Bonchev–Trinajstić information content (AvgIpc) is 2.94. The van der Waals surface area contributed by atoms with E-state index in [1.54, 1.807) is 13.2 Å². The highest BCUT2D eigenvalue weighted by molar-refractivity contribution is 5.86. The molecule has 1 aromatic heterocycles. The molecule has 0 aromatic carbocycles. The number of carboxylic acid groups (broad SMARTS) is 1. The number of ether oxygens (including phenoxy) is 1. The molecule has 2 N–H and O–H groups in total. The van der Waals surface area contributed by atoms with Gasteiger partial charge >= 0.3 is 5.97 Å². The van der Waals surface area contributed by atoms with Crippen molar-refractivity contribution in [1.82, 2.24) is 5.32 Å². The quantitative estimate of drug-likeness (QED) is 0.817. The molecule has 94 valence electrons. The predicted octanol–water partition coefficient (Wildman–Crippen LogP) is 1.63. The molecule has 2 atom stereocenters. The lowest BCUT2D eigenvalue weighted by Crippen LogP contribution is -2.36. The molecule has 0 radical (unpaired) electrons. The summed E-state index contributed by atoms with van der Waals surface area (Å²) in [5, 5.41) is 12.2. The third-order valence-electron chi connectivity index (χ3n) is 3.25. The summed E-state index contributed by atoms with van der Waals surface area (Å²) in [6.07, 6.45) is 4.91. The molecule has 0 spiro atoms. The van der Waals surface area contributed by atoms with Crippen molar-refractivity contribution in [2.75, 3.05) is 7.11 Å². The summed E-state index contributed by atoms with van der Waals surface area (Å²) in [5.41, 5.74) is 0.680. The molecule has 5 heteroatoms. The summed E-state index contributed by atoms with van der Waals surface area (Å²) < 4.78 is 10.3. The molecule has 1 aliphatic rings. The predicted molar refractivity (Wildman–Crippen MR) is 60.9 cm³/mol. The van der Waals surface area contributed by atoms with Gasteiger partial charge in [-0.25, -0.2) is 4.79 Å². The van der Waals surface area contributed by atoms with Gasteiger partial charge in [-0.3, -0.25) is 0 Å². The first-order valence-corrected chi connectivity index (χ1v) is 5.78. The van der Waals surface area contributed by atoms with Crippen molar-refractivity contribution in [3.63, 3.8) is 0 Å². The Balaban J connectivity index is 1.93. The fourth-order valence-electron chi connectivity index (χ4n) is 2.35. The Bertz CT molecular complexity index is 388. The van der Waals surface area contributed by atoms with Crippen LogP contribution in [-0.2, 0) is 11.3 Å². The minimum absolute atomic E-state index is 0.0180. The fourth-order valence-corrected chi connectivity index (χ4v) is 2.35. The van der Waals surface area contributed by atoms with Gasteiger partial charge in [0.05, 0.1) is 12.4 Å². The van der Waals surface area contributed by atoms with Crippen molar-refractivity contribution in [1.29, 1.82) is 0 Å². The third kappa shape index (κ3) is 2.68. The number of nitrogens with one attached hydrogen (secondary N) is 1. The van der Waals surface area contributed by atoms with Crippen molar-refractivity contribution in [2.24, 2.45) is 0 Å². The van der Waals surface area contributed by atoms with Crippen molar-refractivity contribution in [2.45, 2.75) is 38.0 Å². The first-order valence-electron chi connectivity index (χ1n) is 5.78. The highest BCUT2D eigenvalue weighted by Crippen LogP contribution is 2.22. The Morgan fingerprint density at radius 3 is 3.18 bits per heavy atom. The van der Waals surface area contributed by atoms with Crippen molar-refractivity contribution < 1.29 is 19.1 Å². The normalized spacial score (nSPS) is 24.1. The van der Waals surface area contributed by atoms with Gasteiger partial charge in [-0.05, 0) is 25.3 Å². The van der Waals surface area contributed by atoms with Gasteiger partial charge < -0.3 is 19.6 Å². The molecular formula is C12H17NO4. The SMILES string of the molecule is COC1CCCC1NCc1ccoc1C(=O)O. The van der Waals surface area contributed by atoms with Crippen LogP contribution in [0.15, 0.2) is 16.7 Å². The topological polar surface area (TPSA) is 71.7 Å². The number of furan rings is 1. The van der Waals surface area contributed by atoms with Gasteiger partial charge in [-0.15, -0.1) is 0 Å².